The number of nitrogens with zero attached hydrogens (tertiary/aromatic N) is 1. The molecule has 1 amide bonds. The topological polar surface area (TPSA) is 81.2 Å². The Morgan fingerprint density at radius 2 is 2.05 bits per heavy atom. The molecule has 0 radical (unpaired) electrons. The van der Waals surface area contributed by atoms with E-state index in [9.17, 15) is 4.79 Å². The Balaban J connectivity index is 0.00000161. The molecule has 1 saturated carbocycles. The average Bonchev–Trinajstić information content (AvgIpc) is 3.10. The molecule has 1 aromatic carbocycles. The molecule has 1 aliphatic rings. The molecule has 0 spiro atoms. The second-order valence-corrected chi connectivity index (χ2v) is 5.13. The van der Waals surface area contributed by atoms with E-state index in [0.717, 1.165) is 30.5 Å². The van der Waals surface area contributed by atoms with Crippen LogP contribution in [0.4, 0.5) is 5.69 Å². The molecule has 5 nitrogen and oxygen atoms in total. The molecule has 6 heteroatoms. The highest BCUT2D eigenvalue weighted by Gasteiger charge is 2.30. The Kier molecular flexibility index (Phi) is 4.98. The van der Waals surface area contributed by atoms with Crippen LogP contribution in [0, 0.1) is 5.92 Å². The van der Waals surface area contributed by atoms with Gasteiger partial charge in [0.15, 0.2) is 12.2 Å². The van der Waals surface area contributed by atoms with E-state index in [-0.39, 0.29) is 30.3 Å². The minimum atomic E-state index is -0.0658. The summed E-state index contributed by atoms with van der Waals surface area (Å²) in [5.41, 5.74) is 7.65. The number of carbonyl (C=O) groups is 1. The zero-order valence-electron chi connectivity index (χ0n) is 11.5. The number of halogens is 1. The van der Waals surface area contributed by atoms with Crippen LogP contribution < -0.4 is 11.1 Å². The van der Waals surface area contributed by atoms with E-state index >= 15 is 0 Å². The summed E-state index contributed by atoms with van der Waals surface area (Å²) in [7, 11) is 0. The van der Waals surface area contributed by atoms with E-state index < -0.39 is 0 Å². The predicted octanol–water partition coefficient (Wildman–Crippen LogP) is 2.83. The Morgan fingerprint density at radius 3 is 2.62 bits per heavy atom. The van der Waals surface area contributed by atoms with Gasteiger partial charge in [0.25, 0.3) is 0 Å². The van der Waals surface area contributed by atoms with E-state index in [1.807, 2.05) is 24.3 Å². The second-order valence-electron chi connectivity index (χ2n) is 5.13. The Hall–Kier alpha value is -1.85. The molecule has 2 unspecified atom stereocenters. The standard InChI is InChI=1S/C15H17N3O2.ClH/c16-13-3-1-2-12(13)15(19)18-11-6-4-10(5-7-11)14-8-17-9-20-14;/h4-9,12-13H,1-3,16H2,(H,18,19);1H. The van der Waals surface area contributed by atoms with Crippen LogP contribution in [0.3, 0.4) is 0 Å². The Bertz CT molecular complexity index is 583. The van der Waals surface area contributed by atoms with Crippen LogP contribution in [-0.4, -0.2) is 16.9 Å². The van der Waals surface area contributed by atoms with Gasteiger partial charge in [0, 0.05) is 17.3 Å². The number of hydrogen-bond acceptors (Lipinski definition) is 4. The van der Waals surface area contributed by atoms with Gasteiger partial charge in [-0.25, -0.2) is 4.98 Å². The lowest BCUT2D eigenvalue weighted by atomic mass is 10.0. The quantitative estimate of drug-likeness (QED) is 0.913. The van der Waals surface area contributed by atoms with E-state index in [4.69, 9.17) is 10.2 Å². The van der Waals surface area contributed by atoms with Crippen LogP contribution >= 0.6 is 12.4 Å². The second kappa shape index (κ2) is 6.74. The van der Waals surface area contributed by atoms with E-state index in [1.54, 1.807) is 6.20 Å². The largest absolute Gasteiger partial charge is 0.444 e. The highest BCUT2D eigenvalue weighted by atomic mass is 35.5. The van der Waals surface area contributed by atoms with Gasteiger partial charge in [-0.1, -0.05) is 6.42 Å². The van der Waals surface area contributed by atoms with Crippen molar-refractivity contribution in [2.45, 2.75) is 25.3 Å². The third-order valence-corrected chi connectivity index (χ3v) is 3.78. The minimum Gasteiger partial charge on any atom is -0.444 e. The van der Waals surface area contributed by atoms with Gasteiger partial charge in [0.2, 0.25) is 5.91 Å². The maximum absolute atomic E-state index is 12.1. The number of amides is 1. The van der Waals surface area contributed by atoms with Crippen molar-refractivity contribution in [2.75, 3.05) is 5.32 Å². The van der Waals surface area contributed by atoms with Gasteiger partial charge in [-0.15, -0.1) is 12.4 Å². The van der Waals surface area contributed by atoms with Crippen molar-refractivity contribution in [2.24, 2.45) is 11.7 Å². The van der Waals surface area contributed by atoms with Crippen molar-refractivity contribution in [1.29, 1.82) is 0 Å². The highest BCUT2D eigenvalue weighted by molar-refractivity contribution is 5.93. The minimum absolute atomic E-state index is 0. The number of benzene rings is 1. The van der Waals surface area contributed by atoms with E-state index in [2.05, 4.69) is 10.3 Å². The maximum Gasteiger partial charge on any atom is 0.229 e. The average molecular weight is 308 g/mol. The maximum atomic E-state index is 12.1. The summed E-state index contributed by atoms with van der Waals surface area (Å²) in [4.78, 5) is 16.0. The summed E-state index contributed by atoms with van der Waals surface area (Å²) in [6, 6.07) is 7.49. The Morgan fingerprint density at radius 1 is 1.29 bits per heavy atom. The molecular weight excluding hydrogens is 290 g/mol. The number of aromatic nitrogens is 1. The van der Waals surface area contributed by atoms with Crippen molar-refractivity contribution < 1.29 is 9.21 Å². The number of oxazole rings is 1. The molecule has 1 aromatic heterocycles. The zero-order valence-corrected chi connectivity index (χ0v) is 12.3. The molecule has 1 heterocycles. The van der Waals surface area contributed by atoms with Crippen LogP contribution in [0.5, 0.6) is 0 Å². The fraction of sp³-hybridized carbons (Fsp3) is 0.333. The Labute approximate surface area is 129 Å². The number of rotatable bonds is 3. The molecule has 1 aliphatic carbocycles. The van der Waals surface area contributed by atoms with Gasteiger partial charge in [0.05, 0.1) is 12.1 Å². The first-order valence-corrected chi connectivity index (χ1v) is 6.79. The molecule has 3 rings (SSSR count). The number of nitrogens with one attached hydrogen (secondary N) is 1. The number of hydrogen-bond donors (Lipinski definition) is 2. The van der Waals surface area contributed by atoms with Gasteiger partial charge in [-0.3, -0.25) is 4.79 Å². The van der Waals surface area contributed by atoms with Crippen LogP contribution in [0.25, 0.3) is 11.3 Å². The first-order chi connectivity index (χ1) is 9.74. The van der Waals surface area contributed by atoms with Gasteiger partial charge in [-0.05, 0) is 37.1 Å². The lowest BCUT2D eigenvalue weighted by molar-refractivity contribution is -0.120. The number of carbonyl (C=O) groups excluding carboxylic acids is 1. The molecule has 0 bridgehead atoms. The first-order valence-electron chi connectivity index (χ1n) is 6.79. The third-order valence-electron chi connectivity index (χ3n) is 3.78. The smallest absolute Gasteiger partial charge is 0.229 e. The van der Waals surface area contributed by atoms with Crippen molar-refractivity contribution in [3.8, 4) is 11.3 Å². The van der Waals surface area contributed by atoms with Crippen molar-refractivity contribution in [1.82, 2.24) is 4.98 Å². The van der Waals surface area contributed by atoms with Gasteiger partial charge >= 0.3 is 0 Å². The fourth-order valence-corrected chi connectivity index (χ4v) is 2.63. The summed E-state index contributed by atoms with van der Waals surface area (Å²) in [6.07, 6.45) is 5.90. The van der Waals surface area contributed by atoms with Crippen LogP contribution in [0.1, 0.15) is 19.3 Å². The SMILES string of the molecule is Cl.NC1CCCC1C(=O)Nc1ccc(-c2cnco2)cc1. The summed E-state index contributed by atoms with van der Waals surface area (Å²) in [5.74, 6) is 0.659. The van der Waals surface area contributed by atoms with Crippen LogP contribution in [0.2, 0.25) is 0 Å². The van der Waals surface area contributed by atoms with Crippen molar-refractivity contribution in [3.05, 3.63) is 36.9 Å². The van der Waals surface area contributed by atoms with Gasteiger partial charge in [0.1, 0.15) is 0 Å². The van der Waals surface area contributed by atoms with Crippen molar-refractivity contribution in [3.63, 3.8) is 0 Å². The molecule has 3 N–H and O–H groups in total. The number of anilines is 1. The lowest BCUT2D eigenvalue weighted by Gasteiger charge is -2.15. The fourth-order valence-electron chi connectivity index (χ4n) is 2.63. The zero-order chi connectivity index (χ0) is 13.9. The van der Waals surface area contributed by atoms with Gasteiger partial charge < -0.3 is 15.5 Å². The molecule has 0 aliphatic heterocycles. The first kappa shape index (κ1) is 15.5. The molecule has 1 fully saturated rings. The number of nitrogens with two attached hydrogens (primary N) is 1. The molecular formula is C15H18ClN3O2. The lowest BCUT2D eigenvalue weighted by Crippen LogP contribution is -2.34. The van der Waals surface area contributed by atoms with Crippen LogP contribution in [0.15, 0.2) is 41.3 Å². The van der Waals surface area contributed by atoms with E-state index in [0.29, 0.717) is 5.76 Å². The van der Waals surface area contributed by atoms with Crippen LogP contribution in [-0.2, 0) is 4.79 Å². The van der Waals surface area contributed by atoms with Crippen molar-refractivity contribution >= 4 is 24.0 Å². The third kappa shape index (κ3) is 3.43. The summed E-state index contributed by atoms with van der Waals surface area (Å²) in [5, 5.41) is 2.92. The summed E-state index contributed by atoms with van der Waals surface area (Å²) >= 11 is 0. The monoisotopic (exact) mass is 307 g/mol. The molecule has 21 heavy (non-hydrogen) atoms. The predicted molar refractivity (Wildman–Crippen MR) is 83.1 cm³/mol. The normalized spacial score (nSPS) is 20.8. The van der Waals surface area contributed by atoms with Gasteiger partial charge in [-0.2, -0.15) is 0 Å². The molecule has 2 atom stereocenters. The molecule has 112 valence electrons. The molecule has 2 aromatic rings. The van der Waals surface area contributed by atoms with E-state index in [1.165, 1.54) is 6.39 Å². The highest BCUT2D eigenvalue weighted by Crippen LogP contribution is 2.26. The summed E-state index contributed by atoms with van der Waals surface area (Å²) < 4.78 is 5.22. The summed E-state index contributed by atoms with van der Waals surface area (Å²) in [6.45, 7) is 0. The molecule has 0 saturated heterocycles.